The van der Waals surface area contributed by atoms with Crippen LogP contribution in [0.3, 0.4) is 0 Å². The molecule has 0 N–H and O–H groups in total. The molecule has 0 aromatic heterocycles. The van der Waals surface area contributed by atoms with E-state index in [1.807, 2.05) is 20.8 Å². The van der Waals surface area contributed by atoms with Crippen molar-refractivity contribution in [2.75, 3.05) is 5.88 Å². The molecule has 2 heteroatoms. The average molecular weight is 143 g/mol. The topological polar surface area (TPSA) is 0 Å². The van der Waals surface area contributed by atoms with Crippen LogP contribution in [0.2, 0.25) is 0 Å². The molecule has 0 heterocycles. The van der Waals surface area contributed by atoms with Gasteiger partial charge in [0.15, 0.2) is 0 Å². The molecule has 0 rings (SSSR count). The lowest BCUT2D eigenvalue weighted by molar-refractivity contribution is 1.10. The van der Waals surface area contributed by atoms with Crippen molar-refractivity contribution in [3.63, 3.8) is 0 Å². The number of halogens is 2. The molecule has 0 aromatic carbocycles. The van der Waals surface area contributed by atoms with Gasteiger partial charge in [0.1, 0.15) is 0 Å². The highest BCUT2D eigenvalue weighted by atomic mass is 35.5. The molecule has 0 spiro atoms. The molecule has 0 nitrogen and oxygen atoms in total. The second kappa shape index (κ2) is 9.77. The summed E-state index contributed by atoms with van der Waals surface area (Å²) in [6, 6.07) is 0. The van der Waals surface area contributed by atoms with Crippen molar-refractivity contribution in [1.29, 1.82) is 0 Å². The molecule has 0 amide bonds. The highest BCUT2D eigenvalue weighted by molar-refractivity contribution is 6.20. The summed E-state index contributed by atoms with van der Waals surface area (Å²) in [5.41, 5.74) is 0. The SMILES string of the molecule is CC(C)Cl.CCCl. The molecule has 0 saturated heterocycles. The van der Waals surface area contributed by atoms with Gasteiger partial charge in [-0.1, -0.05) is 6.92 Å². The van der Waals surface area contributed by atoms with Gasteiger partial charge in [0.25, 0.3) is 0 Å². The van der Waals surface area contributed by atoms with E-state index in [4.69, 9.17) is 23.2 Å². The summed E-state index contributed by atoms with van der Waals surface area (Å²) in [5.74, 6) is 0.722. The molecule has 0 bridgehead atoms. The van der Waals surface area contributed by atoms with Gasteiger partial charge in [0.2, 0.25) is 0 Å². The highest BCUT2D eigenvalue weighted by Gasteiger charge is 1.71. The van der Waals surface area contributed by atoms with Crippen LogP contribution in [0.25, 0.3) is 0 Å². The van der Waals surface area contributed by atoms with Crippen LogP contribution in [0.15, 0.2) is 0 Å². The molecular formula is C5H12Cl2. The van der Waals surface area contributed by atoms with Crippen molar-refractivity contribution in [1.82, 2.24) is 0 Å². The van der Waals surface area contributed by atoms with Gasteiger partial charge < -0.3 is 0 Å². The van der Waals surface area contributed by atoms with Crippen molar-refractivity contribution in [2.45, 2.75) is 26.1 Å². The zero-order valence-corrected chi connectivity index (χ0v) is 6.55. The van der Waals surface area contributed by atoms with Crippen LogP contribution in [0.1, 0.15) is 20.8 Å². The average Bonchev–Trinajstić information content (AvgIpc) is 1.33. The zero-order chi connectivity index (χ0) is 6.28. The van der Waals surface area contributed by atoms with Crippen molar-refractivity contribution in [3.05, 3.63) is 0 Å². The van der Waals surface area contributed by atoms with E-state index in [2.05, 4.69) is 0 Å². The summed E-state index contributed by atoms with van der Waals surface area (Å²) in [6.07, 6.45) is 0. The molecule has 46 valence electrons. The summed E-state index contributed by atoms with van der Waals surface area (Å²) in [4.78, 5) is 0. The van der Waals surface area contributed by atoms with Gasteiger partial charge in [-0.2, -0.15) is 0 Å². The van der Waals surface area contributed by atoms with E-state index < -0.39 is 0 Å². The van der Waals surface area contributed by atoms with Crippen LogP contribution in [0.4, 0.5) is 0 Å². The van der Waals surface area contributed by atoms with E-state index in [9.17, 15) is 0 Å². The molecule has 0 atom stereocenters. The highest BCUT2D eigenvalue weighted by Crippen LogP contribution is 1.84. The largest absolute Gasteiger partial charge is 0.127 e. The molecule has 0 aliphatic rings. The van der Waals surface area contributed by atoms with Gasteiger partial charge in [-0.15, -0.1) is 23.2 Å². The first-order valence-corrected chi connectivity index (χ1v) is 3.32. The van der Waals surface area contributed by atoms with Crippen molar-refractivity contribution < 1.29 is 0 Å². The Kier molecular flexibility index (Phi) is 14.7. The van der Waals surface area contributed by atoms with Gasteiger partial charge in [0.05, 0.1) is 0 Å². The van der Waals surface area contributed by atoms with Gasteiger partial charge >= 0.3 is 0 Å². The molecule has 0 aromatic rings. The lowest BCUT2D eigenvalue weighted by Crippen LogP contribution is -1.70. The summed E-state index contributed by atoms with van der Waals surface area (Å²) in [5, 5.41) is 0.306. The summed E-state index contributed by atoms with van der Waals surface area (Å²) >= 11 is 10.3. The standard InChI is InChI=1S/C3H7Cl.C2H5Cl/c1-3(2)4;1-2-3/h3H,1-2H3;2H2,1H3. The van der Waals surface area contributed by atoms with Crippen LogP contribution in [-0.2, 0) is 0 Å². The summed E-state index contributed by atoms with van der Waals surface area (Å²) in [6.45, 7) is 5.75. The third kappa shape index (κ3) is 410. The lowest BCUT2D eigenvalue weighted by atomic mass is 10.6. The molecule has 0 unspecified atom stereocenters. The van der Waals surface area contributed by atoms with E-state index in [1.165, 1.54) is 0 Å². The minimum atomic E-state index is 0.306. The Bertz CT molecular complexity index is 17.3. The zero-order valence-electron chi connectivity index (χ0n) is 5.04. The maximum Gasteiger partial charge on any atom is 0.0279 e. The van der Waals surface area contributed by atoms with E-state index in [1.54, 1.807) is 0 Å². The Labute approximate surface area is 55.8 Å². The van der Waals surface area contributed by atoms with Crippen LogP contribution in [-0.4, -0.2) is 11.3 Å². The Balaban J connectivity index is 0. The van der Waals surface area contributed by atoms with Crippen molar-refractivity contribution >= 4 is 23.2 Å². The van der Waals surface area contributed by atoms with Gasteiger partial charge in [0, 0.05) is 11.3 Å². The molecule has 0 radical (unpaired) electrons. The number of rotatable bonds is 0. The fourth-order valence-corrected chi connectivity index (χ4v) is 0. The summed E-state index contributed by atoms with van der Waals surface area (Å²) < 4.78 is 0. The molecule has 0 saturated carbocycles. The van der Waals surface area contributed by atoms with E-state index >= 15 is 0 Å². The van der Waals surface area contributed by atoms with Crippen molar-refractivity contribution in [2.24, 2.45) is 0 Å². The predicted octanol–water partition coefficient (Wildman–Crippen LogP) is 2.88. The number of hydrogen-bond acceptors (Lipinski definition) is 0. The minimum Gasteiger partial charge on any atom is -0.127 e. The Morgan fingerprint density at radius 2 is 1.43 bits per heavy atom. The van der Waals surface area contributed by atoms with Gasteiger partial charge in [-0.05, 0) is 13.8 Å². The summed E-state index contributed by atoms with van der Waals surface area (Å²) in [7, 11) is 0. The van der Waals surface area contributed by atoms with Crippen molar-refractivity contribution in [3.8, 4) is 0 Å². The Hall–Kier alpha value is 0.580. The lowest BCUT2D eigenvalue weighted by Gasteiger charge is -1.76. The molecule has 0 aliphatic heterocycles. The minimum absolute atomic E-state index is 0.306. The van der Waals surface area contributed by atoms with Crippen LogP contribution in [0.5, 0.6) is 0 Å². The number of hydrogen-bond donors (Lipinski definition) is 0. The fraction of sp³-hybridized carbons (Fsp3) is 1.00. The second-order valence-electron chi connectivity index (χ2n) is 1.28. The maximum atomic E-state index is 5.27. The second-order valence-corrected chi connectivity index (χ2v) is 2.69. The smallest absolute Gasteiger partial charge is 0.0279 e. The first-order valence-electron chi connectivity index (χ1n) is 2.35. The molecule has 0 aliphatic carbocycles. The predicted molar refractivity (Wildman–Crippen MR) is 37.4 cm³/mol. The normalized spacial score (nSPS) is 7.71. The maximum absolute atomic E-state index is 5.27. The third-order valence-electron chi connectivity index (χ3n) is 0. The van der Waals surface area contributed by atoms with Gasteiger partial charge in [-0.25, -0.2) is 0 Å². The van der Waals surface area contributed by atoms with Gasteiger partial charge in [-0.3, -0.25) is 0 Å². The van der Waals surface area contributed by atoms with Crippen LogP contribution in [0, 0.1) is 0 Å². The first-order chi connectivity index (χ1) is 3.15. The Morgan fingerprint density at radius 1 is 1.43 bits per heavy atom. The van der Waals surface area contributed by atoms with E-state index in [0.717, 1.165) is 5.88 Å². The third-order valence-corrected chi connectivity index (χ3v) is 0. The van der Waals surface area contributed by atoms with E-state index in [-0.39, 0.29) is 0 Å². The first kappa shape index (κ1) is 10.5. The van der Waals surface area contributed by atoms with Crippen LogP contribution < -0.4 is 0 Å². The van der Waals surface area contributed by atoms with E-state index in [0.29, 0.717) is 5.38 Å². The molecule has 0 fully saturated rings. The van der Waals surface area contributed by atoms with Crippen LogP contribution >= 0.6 is 23.2 Å². The molecular weight excluding hydrogens is 131 g/mol. The molecule has 7 heavy (non-hydrogen) atoms. The number of alkyl halides is 2. The fourth-order valence-electron chi connectivity index (χ4n) is 0. The monoisotopic (exact) mass is 142 g/mol. The Morgan fingerprint density at radius 3 is 1.43 bits per heavy atom. The quantitative estimate of drug-likeness (QED) is 0.457.